The van der Waals surface area contributed by atoms with Crippen molar-refractivity contribution in [2.24, 2.45) is 0 Å². The molecule has 1 aliphatic rings. The summed E-state index contributed by atoms with van der Waals surface area (Å²) in [7, 11) is 0. The molecule has 0 aromatic heterocycles. The second-order valence-corrected chi connectivity index (χ2v) is 5.88. The van der Waals surface area contributed by atoms with E-state index in [9.17, 15) is 0 Å². The number of aryl methyl sites for hydroxylation is 1. The summed E-state index contributed by atoms with van der Waals surface area (Å²) in [5.41, 5.74) is 2.85. The maximum Gasteiger partial charge on any atom is 0.127 e. The molecule has 1 aliphatic heterocycles. The number of piperazine rings is 1. The minimum absolute atomic E-state index is 0.839. The topological polar surface area (TPSA) is 8.88 Å². The van der Waals surface area contributed by atoms with Crippen LogP contribution in [0.5, 0.6) is 0 Å². The van der Waals surface area contributed by atoms with Crippen molar-refractivity contribution < 1.29 is 9.80 Å². The molecule has 1 unspecified atom stereocenters. The first-order chi connectivity index (χ1) is 8.69. The molecule has 1 saturated heterocycles. The third-order valence-corrected chi connectivity index (χ3v) is 4.48. The van der Waals surface area contributed by atoms with Crippen molar-refractivity contribution in [3.63, 3.8) is 0 Å². The number of benzene rings is 1. The Morgan fingerprint density at radius 2 is 1.67 bits per heavy atom. The van der Waals surface area contributed by atoms with Gasteiger partial charge in [0.15, 0.2) is 0 Å². The highest BCUT2D eigenvalue weighted by Gasteiger charge is 2.25. The first kappa shape index (κ1) is 13.6. The Bertz CT molecular complexity index is 350. The van der Waals surface area contributed by atoms with E-state index in [1.807, 2.05) is 4.90 Å². The predicted molar refractivity (Wildman–Crippen MR) is 76.0 cm³/mol. The molecule has 0 amide bonds. The van der Waals surface area contributed by atoms with Gasteiger partial charge in [0.1, 0.15) is 32.7 Å². The van der Waals surface area contributed by atoms with E-state index in [1.54, 1.807) is 4.90 Å². The lowest BCUT2D eigenvalue weighted by Gasteiger charge is -2.33. The van der Waals surface area contributed by atoms with Gasteiger partial charge in [-0.3, -0.25) is 0 Å². The van der Waals surface area contributed by atoms with E-state index in [-0.39, 0.29) is 0 Å². The van der Waals surface area contributed by atoms with E-state index in [2.05, 4.69) is 45.0 Å². The zero-order valence-corrected chi connectivity index (χ0v) is 12.1. The molecule has 1 heterocycles. The quantitative estimate of drug-likeness (QED) is 0.747. The zero-order chi connectivity index (χ0) is 13.0. The lowest BCUT2D eigenvalue weighted by Crippen LogP contribution is -3.29. The Balaban J connectivity index is 1.81. The van der Waals surface area contributed by atoms with E-state index < -0.39 is 0 Å². The second-order valence-electron chi connectivity index (χ2n) is 5.88. The van der Waals surface area contributed by atoms with E-state index in [4.69, 9.17) is 0 Å². The number of hydrogen-bond acceptors (Lipinski definition) is 0. The van der Waals surface area contributed by atoms with Gasteiger partial charge < -0.3 is 9.80 Å². The van der Waals surface area contributed by atoms with Crippen LogP contribution in [-0.4, -0.2) is 32.2 Å². The molecule has 0 bridgehead atoms. The van der Waals surface area contributed by atoms with Crippen LogP contribution >= 0.6 is 0 Å². The molecule has 1 aromatic rings. The van der Waals surface area contributed by atoms with E-state index in [0.29, 0.717) is 0 Å². The molecule has 0 radical (unpaired) electrons. The molecule has 100 valence electrons. The Morgan fingerprint density at radius 3 is 2.22 bits per heavy atom. The molecule has 2 rings (SSSR count). The van der Waals surface area contributed by atoms with Crippen LogP contribution in [0.25, 0.3) is 0 Å². The van der Waals surface area contributed by atoms with Crippen LogP contribution in [0.4, 0.5) is 0 Å². The van der Waals surface area contributed by atoms with Crippen molar-refractivity contribution in [2.75, 3.05) is 26.2 Å². The highest BCUT2D eigenvalue weighted by molar-refractivity contribution is 5.20. The van der Waals surface area contributed by atoms with Crippen molar-refractivity contribution in [3.05, 3.63) is 35.4 Å². The average molecular weight is 248 g/mol. The van der Waals surface area contributed by atoms with Crippen molar-refractivity contribution in [1.29, 1.82) is 0 Å². The fraction of sp³-hybridized carbons (Fsp3) is 0.625. The maximum absolute atomic E-state index is 2.39. The molecule has 2 heteroatoms. The molecule has 1 aromatic carbocycles. The fourth-order valence-electron chi connectivity index (χ4n) is 2.88. The number of rotatable bonds is 4. The van der Waals surface area contributed by atoms with Crippen LogP contribution in [0.1, 0.15) is 31.4 Å². The summed E-state index contributed by atoms with van der Waals surface area (Å²) in [6.45, 7) is 13.4. The van der Waals surface area contributed by atoms with Crippen molar-refractivity contribution in [3.8, 4) is 0 Å². The third kappa shape index (κ3) is 3.56. The fourth-order valence-corrected chi connectivity index (χ4v) is 2.88. The first-order valence-corrected chi connectivity index (χ1v) is 7.42. The van der Waals surface area contributed by atoms with Crippen molar-refractivity contribution >= 4 is 0 Å². The van der Waals surface area contributed by atoms with Gasteiger partial charge in [-0.25, -0.2) is 0 Å². The Morgan fingerprint density at radius 1 is 1.06 bits per heavy atom. The maximum atomic E-state index is 2.39. The summed E-state index contributed by atoms with van der Waals surface area (Å²) in [5, 5.41) is 0. The van der Waals surface area contributed by atoms with Crippen LogP contribution in [0.3, 0.4) is 0 Å². The molecule has 2 N–H and O–H groups in total. The molecule has 0 spiro atoms. The molecule has 1 fully saturated rings. The molecule has 2 nitrogen and oxygen atoms in total. The molecular weight excluding hydrogens is 220 g/mol. The van der Waals surface area contributed by atoms with Gasteiger partial charge in [-0.05, 0) is 20.3 Å². The van der Waals surface area contributed by atoms with E-state index >= 15 is 0 Å². The highest BCUT2D eigenvalue weighted by atomic mass is 15.3. The highest BCUT2D eigenvalue weighted by Crippen LogP contribution is 2.01. The van der Waals surface area contributed by atoms with Gasteiger partial charge in [0, 0.05) is 5.56 Å². The van der Waals surface area contributed by atoms with Crippen molar-refractivity contribution in [2.45, 2.75) is 39.8 Å². The van der Waals surface area contributed by atoms with Crippen molar-refractivity contribution in [1.82, 2.24) is 0 Å². The van der Waals surface area contributed by atoms with E-state index in [0.717, 1.165) is 6.04 Å². The summed E-state index contributed by atoms with van der Waals surface area (Å²) in [5.74, 6) is 0. The van der Waals surface area contributed by atoms with E-state index in [1.165, 1.54) is 50.3 Å². The second kappa shape index (κ2) is 6.35. The predicted octanol–water partition coefficient (Wildman–Crippen LogP) is 0.0769. The number of quaternary nitrogens is 2. The van der Waals surface area contributed by atoms with Gasteiger partial charge in [-0.15, -0.1) is 0 Å². The number of nitrogens with one attached hydrogen (secondary N) is 2. The van der Waals surface area contributed by atoms with Gasteiger partial charge in [0.25, 0.3) is 0 Å². The summed E-state index contributed by atoms with van der Waals surface area (Å²) < 4.78 is 0. The van der Waals surface area contributed by atoms with Crippen LogP contribution in [0.15, 0.2) is 24.3 Å². The minimum Gasteiger partial charge on any atom is -0.323 e. The number of hydrogen-bond donors (Lipinski definition) is 2. The summed E-state index contributed by atoms with van der Waals surface area (Å²) >= 11 is 0. The monoisotopic (exact) mass is 248 g/mol. The summed E-state index contributed by atoms with van der Waals surface area (Å²) in [6, 6.07) is 9.88. The lowest BCUT2D eigenvalue weighted by molar-refractivity contribution is -1.03. The summed E-state index contributed by atoms with van der Waals surface area (Å²) in [4.78, 5) is 3.57. The van der Waals surface area contributed by atoms with Crippen LogP contribution < -0.4 is 9.80 Å². The van der Waals surface area contributed by atoms with Gasteiger partial charge in [0.2, 0.25) is 0 Å². The Hall–Kier alpha value is -0.860. The van der Waals surface area contributed by atoms with Gasteiger partial charge in [-0.2, -0.15) is 0 Å². The SMILES string of the molecule is CCC(C)[NH+]1CC[NH+](Cc2ccc(C)cc2)CC1. The molecule has 18 heavy (non-hydrogen) atoms. The lowest BCUT2D eigenvalue weighted by atomic mass is 10.1. The van der Waals surface area contributed by atoms with Crippen LogP contribution in [-0.2, 0) is 6.54 Å². The van der Waals surface area contributed by atoms with Gasteiger partial charge in [0.05, 0.1) is 6.04 Å². The Labute approximate surface area is 112 Å². The summed E-state index contributed by atoms with van der Waals surface area (Å²) in [6.07, 6.45) is 1.31. The third-order valence-electron chi connectivity index (χ3n) is 4.48. The zero-order valence-electron chi connectivity index (χ0n) is 12.1. The largest absolute Gasteiger partial charge is 0.323 e. The Kier molecular flexibility index (Phi) is 4.79. The molecule has 1 atom stereocenters. The molecule has 0 aliphatic carbocycles. The van der Waals surface area contributed by atoms with Crippen LogP contribution in [0, 0.1) is 6.92 Å². The smallest absolute Gasteiger partial charge is 0.127 e. The van der Waals surface area contributed by atoms with Gasteiger partial charge in [-0.1, -0.05) is 36.8 Å². The molecular formula is C16H28N2+2. The normalized spacial score (nSPS) is 25.9. The standard InChI is InChI=1S/C16H26N2/c1-4-15(3)18-11-9-17(10-12-18)13-16-7-5-14(2)6-8-16/h5-8,15H,4,9-13H2,1-3H3/p+2. The average Bonchev–Trinajstić information content (AvgIpc) is 2.41. The van der Waals surface area contributed by atoms with Gasteiger partial charge >= 0.3 is 0 Å². The molecule has 0 saturated carbocycles. The van der Waals surface area contributed by atoms with Crippen LogP contribution in [0.2, 0.25) is 0 Å². The first-order valence-electron chi connectivity index (χ1n) is 7.42. The minimum atomic E-state index is 0.839.